The SMILES string of the molecule is CCCCc1ccc(Nc2ccnc(N)c2)cc1. The van der Waals surface area contributed by atoms with Crippen molar-refractivity contribution in [2.24, 2.45) is 0 Å². The summed E-state index contributed by atoms with van der Waals surface area (Å²) in [7, 11) is 0. The van der Waals surface area contributed by atoms with Gasteiger partial charge in [0.2, 0.25) is 0 Å². The fourth-order valence-corrected chi connectivity index (χ4v) is 1.83. The molecule has 0 unspecified atom stereocenters. The summed E-state index contributed by atoms with van der Waals surface area (Å²) < 4.78 is 0. The number of pyridine rings is 1. The number of nitrogen functional groups attached to an aromatic ring is 1. The van der Waals surface area contributed by atoms with Crippen molar-refractivity contribution in [3.8, 4) is 0 Å². The largest absolute Gasteiger partial charge is 0.384 e. The fourth-order valence-electron chi connectivity index (χ4n) is 1.83. The van der Waals surface area contributed by atoms with Crippen LogP contribution in [0, 0.1) is 0 Å². The number of benzene rings is 1. The molecule has 0 bridgehead atoms. The predicted octanol–water partition coefficient (Wildman–Crippen LogP) is 3.75. The van der Waals surface area contributed by atoms with Gasteiger partial charge in [0.05, 0.1) is 0 Å². The molecular weight excluding hydrogens is 222 g/mol. The standard InChI is InChI=1S/C15H19N3/c1-2-3-4-12-5-7-13(8-6-12)18-14-9-10-17-15(16)11-14/h5-11H,2-4H2,1H3,(H3,16,17,18). The molecule has 0 aliphatic heterocycles. The highest BCUT2D eigenvalue weighted by atomic mass is 14.9. The van der Waals surface area contributed by atoms with Crippen molar-refractivity contribution in [1.82, 2.24) is 4.98 Å². The first-order valence-electron chi connectivity index (χ1n) is 6.35. The molecule has 0 saturated heterocycles. The highest BCUT2D eigenvalue weighted by Crippen LogP contribution is 2.18. The maximum absolute atomic E-state index is 5.64. The number of aromatic nitrogens is 1. The van der Waals surface area contributed by atoms with Gasteiger partial charge >= 0.3 is 0 Å². The number of hydrogen-bond donors (Lipinski definition) is 2. The first kappa shape index (κ1) is 12.4. The Hall–Kier alpha value is -2.03. The van der Waals surface area contributed by atoms with E-state index in [9.17, 15) is 0 Å². The summed E-state index contributed by atoms with van der Waals surface area (Å²) in [5, 5.41) is 3.31. The van der Waals surface area contributed by atoms with Crippen LogP contribution >= 0.6 is 0 Å². The lowest BCUT2D eigenvalue weighted by Crippen LogP contribution is -1.94. The first-order chi connectivity index (χ1) is 8.78. The lowest BCUT2D eigenvalue weighted by Gasteiger charge is -2.07. The summed E-state index contributed by atoms with van der Waals surface area (Å²) in [6.45, 7) is 2.21. The van der Waals surface area contributed by atoms with Crippen LogP contribution in [0.5, 0.6) is 0 Å². The van der Waals surface area contributed by atoms with Crippen LogP contribution in [0.1, 0.15) is 25.3 Å². The highest BCUT2D eigenvalue weighted by Gasteiger charge is 1.97. The molecule has 2 aromatic rings. The van der Waals surface area contributed by atoms with E-state index in [4.69, 9.17) is 5.73 Å². The van der Waals surface area contributed by atoms with Gasteiger partial charge in [-0.3, -0.25) is 0 Å². The molecule has 1 aromatic heterocycles. The van der Waals surface area contributed by atoms with Crippen LogP contribution < -0.4 is 11.1 Å². The van der Waals surface area contributed by atoms with Crippen molar-refractivity contribution >= 4 is 17.2 Å². The first-order valence-corrected chi connectivity index (χ1v) is 6.35. The van der Waals surface area contributed by atoms with E-state index >= 15 is 0 Å². The van der Waals surface area contributed by atoms with Gasteiger partial charge in [-0.1, -0.05) is 25.5 Å². The average Bonchev–Trinajstić information content (AvgIpc) is 2.38. The topological polar surface area (TPSA) is 50.9 Å². The second-order valence-electron chi connectivity index (χ2n) is 4.39. The van der Waals surface area contributed by atoms with Crippen LogP contribution in [-0.2, 0) is 6.42 Å². The Balaban J connectivity index is 2.02. The number of rotatable bonds is 5. The van der Waals surface area contributed by atoms with Gasteiger partial charge in [0.15, 0.2) is 0 Å². The molecule has 0 aliphatic carbocycles. The van der Waals surface area contributed by atoms with E-state index in [-0.39, 0.29) is 0 Å². The van der Waals surface area contributed by atoms with E-state index < -0.39 is 0 Å². The highest BCUT2D eigenvalue weighted by molar-refractivity contribution is 5.61. The zero-order valence-corrected chi connectivity index (χ0v) is 10.7. The zero-order chi connectivity index (χ0) is 12.8. The van der Waals surface area contributed by atoms with Crippen LogP contribution in [0.4, 0.5) is 17.2 Å². The molecule has 3 nitrogen and oxygen atoms in total. The monoisotopic (exact) mass is 241 g/mol. The minimum Gasteiger partial charge on any atom is -0.384 e. The average molecular weight is 241 g/mol. The van der Waals surface area contributed by atoms with Crippen molar-refractivity contribution in [3.63, 3.8) is 0 Å². The second kappa shape index (κ2) is 6.05. The zero-order valence-electron chi connectivity index (χ0n) is 10.7. The van der Waals surface area contributed by atoms with Crippen LogP contribution in [0.3, 0.4) is 0 Å². The Morgan fingerprint density at radius 3 is 2.56 bits per heavy atom. The molecule has 1 aromatic carbocycles. The molecular formula is C15H19N3. The molecule has 1 heterocycles. The van der Waals surface area contributed by atoms with Crippen molar-refractivity contribution in [1.29, 1.82) is 0 Å². The summed E-state index contributed by atoms with van der Waals surface area (Å²) >= 11 is 0. The Bertz CT molecular complexity index is 491. The fraction of sp³-hybridized carbons (Fsp3) is 0.267. The number of nitrogens with one attached hydrogen (secondary N) is 1. The molecule has 18 heavy (non-hydrogen) atoms. The number of nitrogens with zero attached hydrogens (tertiary/aromatic N) is 1. The van der Waals surface area contributed by atoms with E-state index in [0.717, 1.165) is 17.8 Å². The normalized spacial score (nSPS) is 10.3. The lowest BCUT2D eigenvalue weighted by atomic mass is 10.1. The molecule has 0 atom stereocenters. The van der Waals surface area contributed by atoms with Gasteiger partial charge in [0, 0.05) is 23.6 Å². The minimum atomic E-state index is 0.527. The summed E-state index contributed by atoms with van der Waals surface area (Å²) in [5.41, 5.74) is 9.06. The summed E-state index contributed by atoms with van der Waals surface area (Å²) in [6, 6.07) is 12.3. The maximum atomic E-state index is 5.64. The van der Waals surface area contributed by atoms with Crippen LogP contribution in [0.15, 0.2) is 42.6 Å². The number of unbranched alkanes of at least 4 members (excludes halogenated alkanes) is 1. The molecule has 94 valence electrons. The van der Waals surface area contributed by atoms with Crippen LogP contribution in [0.25, 0.3) is 0 Å². The van der Waals surface area contributed by atoms with Gasteiger partial charge in [-0.15, -0.1) is 0 Å². The Kier molecular flexibility index (Phi) is 4.18. The number of aryl methyl sites for hydroxylation is 1. The smallest absolute Gasteiger partial charge is 0.125 e. The number of hydrogen-bond acceptors (Lipinski definition) is 3. The van der Waals surface area contributed by atoms with Gasteiger partial charge < -0.3 is 11.1 Å². The van der Waals surface area contributed by atoms with Gasteiger partial charge in [-0.05, 0) is 36.6 Å². The Morgan fingerprint density at radius 2 is 1.89 bits per heavy atom. The number of anilines is 3. The third kappa shape index (κ3) is 3.48. The van der Waals surface area contributed by atoms with E-state index in [1.54, 1.807) is 6.20 Å². The molecule has 2 rings (SSSR count). The molecule has 0 spiro atoms. The second-order valence-corrected chi connectivity index (χ2v) is 4.39. The third-order valence-electron chi connectivity index (χ3n) is 2.84. The van der Waals surface area contributed by atoms with E-state index in [2.05, 4.69) is 41.5 Å². The quantitative estimate of drug-likeness (QED) is 0.838. The molecule has 0 amide bonds. The molecule has 3 heteroatoms. The molecule has 0 fully saturated rings. The van der Waals surface area contributed by atoms with E-state index in [1.807, 2.05) is 12.1 Å². The van der Waals surface area contributed by atoms with Crippen LogP contribution in [-0.4, -0.2) is 4.98 Å². The molecule has 0 aliphatic rings. The van der Waals surface area contributed by atoms with Gasteiger partial charge in [0.25, 0.3) is 0 Å². The van der Waals surface area contributed by atoms with E-state index in [1.165, 1.54) is 18.4 Å². The Labute approximate surface area is 108 Å². The number of nitrogens with two attached hydrogens (primary N) is 1. The molecule has 3 N–H and O–H groups in total. The van der Waals surface area contributed by atoms with E-state index in [0.29, 0.717) is 5.82 Å². The van der Waals surface area contributed by atoms with Gasteiger partial charge in [-0.25, -0.2) is 4.98 Å². The molecule has 0 radical (unpaired) electrons. The van der Waals surface area contributed by atoms with Crippen molar-refractivity contribution < 1.29 is 0 Å². The summed E-state index contributed by atoms with van der Waals surface area (Å²) in [4.78, 5) is 3.97. The van der Waals surface area contributed by atoms with Crippen molar-refractivity contribution in [2.45, 2.75) is 26.2 Å². The predicted molar refractivity (Wildman–Crippen MR) is 77.0 cm³/mol. The summed E-state index contributed by atoms with van der Waals surface area (Å²) in [6.07, 6.45) is 5.33. The van der Waals surface area contributed by atoms with Crippen molar-refractivity contribution in [3.05, 3.63) is 48.2 Å². The van der Waals surface area contributed by atoms with Gasteiger partial charge in [-0.2, -0.15) is 0 Å². The Morgan fingerprint density at radius 1 is 1.11 bits per heavy atom. The van der Waals surface area contributed by atoms with Crippen molar-refractivity contribution in [2.75, 3.05) is 11.1 Å². The molecule has 0 saturated carbocycles. The van der Waals surface area contributed by atoms with Gasteiger partial charge in [0.1, 0.15) is 5.82 Å². The maximum Gasteiger partial charge on any atom is 0.125 e. The minimum absolute atomic E-state index is 0.527. The lowest BCUT2D eigenvalue weighted by molar-refractivity contribution is 0.795. The summed E-state index contributed by atoms with van der Waals surface area (Å²) in [5.74, 6) is 0.527. The van der Waals surface area contributed by atoms with Crippen LogP contribution in [0.2, 0.25) is 0 Å². The third-order valence-corrected chi connectivity index (χ3v) is 2.84.